The third kappa shape index (κ3) is 5.22. The zero-order chi connectivity index (χ0) is 20.9. The summed E-state index contributed by atoms with van der Waals surface area (Å²) in [5.74, 6) is -0.156. The molecule has 7 nitrogen and oxygen atoms in total. The second kappa shape index (κ2) is 10.2. The van der Waals surface area contributed by atoms with Crippen LogP contribution in [0.4, 0.5) is 5.69 Å². The molecule has 3 saturated heterocycles. The fraction of sp³-hybridized carbons (Fsp3) is 0.636. The summed E-state index contributed by atoms with van der Waals surface area (Å²) in [4.78, 5) is 32.4. The van der Waals surface area contributed by atoms with Crippen LogP contribution < -0.4 is 4.90 Å². The molecule has 1 atom stereocenters. The van der Waals surface area contributed by atoms with E-state index >= 15 is 0 Å². The summed E-state index contributed by atoms with van der Waals surface area (Å²) in [7, 11) is 0. The molecule has 0 aromatic heterocycles. The summed E-state index contributed by atoms with van der Waals surface area (Å²) >= 11 is 3.47. The fourth-order valence-electron chi connectivity index (χ4n) is 4.54. The van der Waals surface area contributed by atoms with E-state index in [0.29, 0.717) is 26.3 Å². The molecule has 0 spiro atoms. The van der Waals surface area contributed by atoms with Gasteiger partial charge in [0.05, 0.1) is 19.1 Å². The molecule has 3 heterocycles. The van der Waals surface area contributed by atoms with Gasteiger partial charge in [-0.2, -0.15) is 0 Å². The molecule has 1 aromatic rings. The van der Waals surface area contributed by atoms with E-state index in [4.69, 9.17) is 9.47 Å². The Bertz CT molecular complexity index is 750. The number of nitrogens with zero attached hydrogens (tertiary/aromatic N) is 3. The van der Waals surface area contributed by atoms with E-state index in [1.807, 2.05) is 29.2 Å². The average Bonchev–Trinajstić information content (AvgIpc) is 3.17. The van der Waals surface area contributed by atoms with Crippen LogP contribution in [0.3, 0.4) is 0 Å². The maximum absolute atomic E-state index is 13.6. The van der Waals surface area contributed by atoms with E-state index in [-0.39, 0.29) is 30.2 Å². The summed E-state index contributed by atoms with van der Waals surface area (Å²) in [6.07, 6.45) is 2.01. The van der Waals surface area contributed by atoms with Crippen molar-refractivity contribution in [1.29, 1.82) is 0 Å². The molecule has 0 saturated carbocycles. The first-order valence-electron chi connectivity index (χ1n) is 10.9. The lowest BCUT2D eigenvalue weighted by atomic mass is 10.0. The van der Waals surface area contributed by atoms with Crippen molar-refractivity contribution < 1.29 is 19.1 Å². The Balaban J connectivity index is 1.44. The van der Waals surface area contributed by atoms with Crippen molar-refractivity contribution in [2.24, 2.45) is 5.92 Å². The third-order valence-corrected chi connectivity index (χ3v) is 6.76. The molecule has 30 heavy (non-hydrogen) atoms. The number of amides is 2. The van der Waals surface area contributed by atoms with Crippen molar-refractivity contribution in [3.05, 3.63) is 28.7 Å². The van der Waals surface area contributed by atoms with Crippen molar-refractivity contribution in [3.8, 4) is 0 Å². The first-order valence-corrected chi connectivity index (χ1v) is 11.7. The monoisotopic (exact) mass is 479 g/mol. The number of morpholine rings is 1. The molecule has 0 bridgehead atoms. The Hall–Kier alpha value is -1.48. The minimum absolute atomic E-state index is 0.0200. The van der Waals surface area contributed by atoms with E-state index in [1.165, 1.54) is 0 Å². The third-order valence-electron chi connectivity index (χ3n) is 6.27. The first kappa shape index (κ1) is 21.7. The highest BCUT2D eigenvalue weighted by Crippen LogP contribution is 2.29. The second-order valence-corrected chi connectivity index (χ2v) is 9.13. The van der Waals surface area contributed by atoms with Gasteiger partial charge in [0.1, 0.15) is 0 Å². The van der Waals surface area contributed by atoms with Gasteiger partial charge in [-0.05, 0) is 31.0 Å². The van der Waals surface area contributed by atoms with Crippen LogP contribution in [0.2, 0.25) is 0 Å². The van der Waals surface area contributed by atoms with Gasteiger partial charge in [-0.25, -0.2) is 0 Å². The predicted molar refractivity (Wildman–Crippen MR) is 117 cm³/mol. The number of carbonyl (C=O) groups excluding carboxylic acids is 2. The minimum atomic E-state index is -0.288. The molecule has 8 heteroatoms. The first-order chi connectivity index (χ1) is 14.6. The number of halogens is 1. The van der Waals surface area contributed by atoms with Crippen LogP contribution in [0.15, 0.2) is 28.7 Å². The van der Waals surface area contributed by atoms with Crippen LogP contribution in [0.5, 0.6) is 0 Å². The van der Waals surface area contributed by atoms with Crippen molar-refractivity contribution in [2.75, 3.05) is 64.1 Å². The molecule has 1 unspecified atom stereocenters. The standard InChI is InChI=1S/C22H30BrN3O4/c23-18-2-1-3-20(15-18)26-16-17(14-21(26)27)22(28)25(19-4-10-29-11-5-19)7-6-24-8-12-30-13-9-24/h1-3,15,17,19H,4-14,16H2. The van der Waals surface area contributed by atoms with E-state index < -0.39 is 0 Å². The van der Waals surface area contributed by atoms with Crippen LogP contribution in [0, 0.1) is 5.92 Å². The highest BCUT2D eigenvalue weighted by atomic mass is 79.9. The molecule has 0 radical (unpaired) electrons. The molecule has 1 aromatic carbocycles. The molecule has 3 aliphatic heterocycles. The maximum Gasteiger partial charge on any atom is 0.228 e. The molecule has 3 aliphatic rings. The number of anilines is 1. The van der Waals surface area contributed by atoms with Gasteiger partial charge in [0.2, 0.25) is 11.8 Å². The van der Waals surface area contributed by atoms with Crippen LogP contribution >= 0.6 is 15.9 Å². The molecular formula is C22H30BrN3O4. The van der Waals surface area contributed by atoms with Crippen molar-refractivity contribution in [3.63, 3.8) is 0 Å². The topological polar surface area (TPSA) is 62.3 Å². The summed E-state index contributed by atoms with van der Waals surface area (Å²) in [5.41, 5.74) is 0.843. The number of ether oxygens (including phenoxy) is 2. The lowest BCUT2D eigenvalue weighted by Crippen LogP contribution is -2.50. The number of carbonyl (C=O) groups is 2. The van der Waals surface area contributed by atoms with E-state index in [2.05, 4.69) is 20.8 Å². The average molecular weight is 480 g/mol. The lowest BCUT2D eigenvalue weighted by molar-refractivity contribution is -0.140. The maximum atomic E-state index is 13.6. The van der Waals surface area contributed by atoms with Crippen molar-refractivity contribution >= 4 is 33.4 Å². The summed E-state index contributed by atoms with van der Waals surface area (Å²) in [6.45, 7) is 6.72. The molecule has 2 amide bonds. The summed E-state index contributed by atoms with van der Waals surface area (Å²) in [5, 5.41) is 0. The van der Waals surface area contributed by atoms with E-state index in [1.54, 1.807) is 4.90 Å². The van der Waals surface area contributed by atoms with Gasteiger partial charge in [-0.1, -0.05) is 22.0 Å². The molecule has 0 N–H and O–H groups in total. The number of hydrogen-bond donors (Lipinski definition) is 0. The van der Waals surface area contributed by atoms with Gasteiger partial charge >= 0.3 is 0 Å². The Morgan fingerprint density at radius 3 is 2.60 bits per heavy atom. The Morgan fingerprint density at radius 2 is 1.87 bits per heavy atom. The molecule has 0 aliphatic carbocycles. The molecule has 4 rings (SSSR count). The molecular weight excluding hydrogens is 450 g/mol. The largest absolute Gasteiger partial charge is 0.381 e. The van der Waals surface area contributed by atoms with Crippen molar-refractivity contribution in [2.45, 2.75) is 25.3 Å². The Kier molecular flexibility index (Phi) is 7.41. The predicted octanol–water partition coefficient (Wildman–Crippen LogP) is 2.14. The SMILES string of the molecule is O=C1CC(C(=O)N(CCN2CCOCC2)C2CCOCC2)CN1c1cccc(Br)c1. The Morgan fingerprint density at radius 1 is 1.13 bits per heavy atom. The smallest absolute Gasteiger partial charge is 0.228 e. The van der Waals surface area contributed by atoms with Gasteiger partial charge < -0.3 is 19.3 Å². The second-order valence-electron chi connectivity index (χ2n) is 8.21. The highest BCUT2D eigenvalue weighted by molar-refractivity contribution is 9.10. The molecule has 3 fully saturated rings. The van der Waals surface area contributed by atoms with E-state index in [9.17, 15) is 9.59 Å². The Labute approximate surface area is 186 Å². The highest BCUT2D eigenvalue weighted by Gasteiger charge is 2.39. The minimum Gasteiger partial charge on any atom is -0.381 e. The van der Waals surface area contributed by atoms with Crippen LogP contribution in [-0.4, -0.2) is 86.8 Å². The fourth-order valence-corrected chi connectivity index (χ4v) is 4.93. The molecule has 164 valence electrons. The zero-order valence-electron chi connectivity index (χ0n) is 17.3. The quantitative estimate of drug-likeness (QED) is 0.625. The van der Waals surface area contributed by atoms with Gasteiger partial charge in [-0.15, -0.1) is 0 Å². The summed E-state index contributed by atoms with van der Waals surface area (Å²) in [6, 6.07) is 7.90. The van der Waals surface area contributed by atoms with Crippen LogP contribution in [0.1, 0.15) is 19.3 Å². The number of hydrogen-bond acceptors (Lipinski definition) is 5. The van der Waals surface area contributed by atoms with Gasteiger partial charge in [0.15, 0.2) is 0 Å². The zero-order valence-corrected chi connectivity index (χ0v) is 18.9. The van der Waals surface area contributed by atoms with Crippen LogP contribution in [-0.2, 0) is 19.1 Å². The van der Waals surface area contributed by atoms with E-state index in [0.717, 1.165) is 55.8 Å². The van der Waals surface area contributed by atoms with Gasteiger partial charge in [0, 0.05) is 68.6 Å². The summed E-state index contributed by atoms with van der Waals surface area (Å²) < 4.78 is 11.9. The number of benzene rings is 1. The van der Waals surface area contributed by atoms with Crippen LogP contribution in [0.25, 0.3) is 0 Å². The lowest BCUT2D eigenvalue weighted by Gasteiger charge is -2.37. The van der Waals surface area contributed by atoms with Crippen molar-refractivity contribution in [1.82, 2.24) is 9.80 Å². The number of rotatable bonds is 6. The van der Waals surface area contributed by atoms with Gasteiger partial charge in [0.25, 0.3) is 0 Å². The normalized spacial score (nSPS) is 23.7. The van der Waals surface area contributed by atoms with Gasteiger partial charge in [-0.3, -0.25) is 14.5 Å².